The zero-order chi connectivity index (χ0) is 21.9. The Morgan fingerprint density at radius 2 is 2.07 bits per heavy atom. The monoisotopic (exact) mass is 421 g/mol. The minimum atomic E-state index is -4.62. The maximum atomic E-state index is 12.6. The second-order valence-electron chi connectivity index (χ2n) is 6.06. The number of alkyl halides is 3. The summed E-state index contributed by atoms with van der Waals surface area (Å²) in [7, 11) is 1.67. The number of rotatable bonds is 6. The number of nitro benzene ring substituents is 1. The van der Waals surface area contributed by atoms with Crippen LogP contribution in [0.15, 0.2) is 54.0 Å². The number of carbonyl (C=O) groups is 1. The molecule has 1 amide bonds. The maximum absolute atomic E-state index is 12.6. The van der Waals surface area contributed by atoms with Gasteiger partial charge >= 0.3 is 6.18 Å². The Hall–Kier alpha value is -4.03. The van der Waals surface area contributed by atoms with Crippen LogP contribution in [0, 0.1) is 10.1 Å². The van der Waals surface area contributed by atoms with Gasteiger partial charge in [0, 0.05) is 43.3 Å². The molecule has 0 aliphatic rings. The standard InChI is InChI=1S/C17H14F3N7O3/c1-25-8-6-21-16(25)15(11-3-2-4-12(9-11)27(29)30)23-22-14(28)10-26-7-5-13(24-26)17(18,19)20/h2-9H,10H2,1H3,(H,22,28). The number of nitrogens with zero attached hydrogens (tertiary/aromatic N) is 6. The minimum Gasteiger partial charge on any atom is -0.333 e. The van der Waals surface area contributed by atoms with E-state index in [1.807, 2.05) is 0 Å². The quantitative estimate of drug-likeness (QED) is 0.371. The Balaban J connectivity index is 1.85. The van der Waals surface area contributed by atoms with E-state index in [1.54, 1.807) is 23.9 Å². The molecule has 0 aliphatic carbocycles. The third-order valence-electron chi connectivity index (χ3n) is 3.89. The molecule has 0 atom stereocenters. The normalized spacial score (nSPS) is 12.1. The highest BCUT2D eigenvalue weighted by molar-refractivity contribution is 6.11. The van der Waals surface area contributed by atoms with Gasteiger partial charge in [0.2, 0.25) is 0 Å². The molecule has 0 saturated heterocycles. The van der Waals surface area contributed by atoms with Crippen LogP contribution in [0.4, 0.5) is 18.9 Å². The molecule has 0 radical (unpaired) electrons. The smallest absolute Gasteiger partial charge is 0.333 e. The zero-order valence-corrected chi connectivity index (χ0v) is 15.4. The fourth-order valence-electron chi connectivity index (χ4n) is 2.51. The van der Waals surface area contributed by atoms with Crippen molar-refractivity contribution in [2.75, 3.05) is 0 Å². The van der Waals surface area contributed by atoms with E-state index in [-0.39, 0.29) is 11.4 Å². The van der Waals surface area contributed by atoms with Crippen molar-refractivity contribution >= 4 is 17.3 Å². The molecule has 0 saturated carbocycles. The molecule has 3 rings (SSSR count). The lowest BCUT2D eigenvalue weighted by Crippen LogP contribution is -2.26. The van der Waals surface area contributed by atoms with Gasteiger partial charge in [0.1, 0.15) is 12.3 Å². The van der Waals surface area contributed by atoms with E-state index in [2.05, 4.69) is 20.6 Å². The van der Waals surface area contributed by atoms with Crippen molar-refractivity contribution in [2.24, 2.45) is 12.1 Å². The number of hydrogen-bond acceptors (Lipinski definition) is 6. The average Bonchev–Trinajstić information content (AvgIpc) is 3.31. The van der Waals surface area contributed by atoms with Crippen LogP contribution in [-0.4, -0.2) is 35.9 Å². The summed E-state index contributed by atoms with van der Waals surface area (Å²) in [4.78, 5) is 26.7. The van der Waals surface area contributed by atoms with Crippen LogP contribution in [0.2, 0.25) is 0 Å². The molecule has 30 heavy (non-hydrogen) atoms. The summed E-state index contributed by atoms with van der Waals surface area (Å²) >= 11 is 0. The zero-order valence-electron chi connectivity index (χ0n) is 15.4. The van der Waals surface area contributed by atoms with Gasteiger partial charge in [0.15, 0.2) is 11.5 Å². The van der Waals surface area contributed by atoms with Crippen LogP contribution in [0.3, 0.4) is 0 Å². The summed E-state index contributed by atoms with van der Waals surface area (Å²) in [5.74, 6) is -0.432. The van der Waals surface area contributed by atoms with Gasteiger partial charge in [0.05, 0.1) is 4.92 Å². The molecule has 0 bridgehead atoms. The second-order valence-corrected chi connectivity index (χ2v) is 6.06. The lowest BCUT2D eigenvalue weighted by molar-refractivity contribution is -0.384. The first-order valence-electron chi connectivity index (χ1n) is 8.35. The lowest BCUT2D eigenvalue weighted by atomic mass is 10.1. The molecule has 2 heterocycles. The van der Waals surface area contributed by atoms with Gasteiger partial charge in [-0.05, 0) is 6.07 Å². The van der Waals surface area contributed by atoms with Crippen LogP contribution >= 0.6 is 0 Å². The van der Waals surface area contributed by atoms with Crippen molar-refractivity contribution in [1.29, 1.82) is 0 Å². The molecule has 0 spiro atoms. The van der Waals surface area contributed by atoms with Gasteiger partial charge in [-0.1, -0.05) is 12.1 Å². The molecule has 3 aromatic rings. The summed E-state index contributed by atoms with van der Waals surface area (Å²) in [5, 5.41) is 18.3. The molecule has 1 aromatic carbocycles. The van der Waals surface area contributed by atoms with E-state index < -0.39 is 29.2 Å². The first-order valence-corrected chi connectivity index (χ1v) is 8.35. The molecule has 0 unspecified atom stereocenters. The van der Waals surface area contributed by atoms with E-state index in [4.69, 9.17) is 0 Å². The maximum Gasteiger partial charge on any atom is 0.435 e. The Bertz CT molecular complexity index is 1120. The largest absolute Gasteiger partial charge is 0.435 e. The third kappa shape index (κ3) is 4.68. The first kappa shape index (κ1) is 20.7. The van der Waals surface area contributed by atoms with Gasteiger partial charge in [-0.25, -0.2) is 10.4 Å². The average molecular weight is 421 g/mol. The summed E-state index contributed by atoms with van der Waals surface area (Å²) < 4.78 is 40.2. The minimum absolute atomic E-state index is 0.135. The fraction of sp³-hybridized carbons (Fsp3) is 0.176. The molecule has 156 valence electrons. The number of non-ortho nitro benzene ring substituents is 1. The van der Waals surface area contributed by atoms with Gasteiger partial charge in [-0.2, -0.15) is 23.4 Å². The Morgan fingerprint density at radius 1 is 1.30 bits per heavy atom. The van der Waals surface area contributed by atoms with Crippen molar-refractivity contribution in [2.45, 2.75) is 12.7 Å². The summed E-state index contributed by atoms with van der Waals surface area (Å²) in [6, 6.07) is 6.32. The van der Waals surface area contributed by atoms with Gasteiger partial charge in [-0.15, -0.1) is 0 Å². The van der Waals surface area contributed by atoms with Crippen LogP contribution < -0.4 is 5.43 Å². The van der Waals surface area contributed by atoms with Crippen LogP contribution in [0.25, 0.3) is 0 Å². The highest BCUT2D eigenvalue weighted by atomic mass is 19.4. The van der Waals surface area contributed by atoms with Crippen molar-refractivity contribution in [3.8, 4) is 0 Å². The molecule has 0 fully saturated rings. The van der Waals surface area contributed by atoms with E-state index in [1.165, 1.54) is 24.4 Å². The molecular formula is C17H14F3N7O3. The van der Waals surface area contributed by atoms with E-state index in [0.717, 1.165) is 16.9 Å². The number of amides is 1. The van der Waals surface area contributed by atoms with Crippen molar-refractivity contribution in [3.05, 3.63) is 76.1 Å². The number of halogens is 3. The van der Waals surface area contributed by atoms with Crippen molar-refractivity contribution < 1.29 is 22.9 Å². The topological polar surface area (TPSA) is 120 Å². The lowest BCUT2D eigenvalue weighted by Gasteiger charge is -2.08. The number of nitro groups is 1. The third-order valence-corrected chi connectivity index (χ3v) is 3.89. The summed E-state index contributed by atoms with van der Waals surface area (Å²) in [6.45, 7) is -0.512. The van der Waals surface area contributed by atoms with Gasteiger partial charge in [0.25, 0.3) is 11.6 Å². The van der Waals surface area contributed by atoms with E-state index >= 15 is 0 Å². The van der Waals surface area contributed by atoms with Crippen LogP contribution in [0.5, 0.6) is 0 Å². The fourth-order valence-corrected chi connectivity index (χ4v) is 2.51. The molecule has 0 aliphatic heterocycles. The van der Waals surface area contributed by atoms with E-state index in [9.17, 15) is 28.1 Å². The number of carbonyl (C=O) groups excluding carboxylic acids is 1. The Morgan fingerprint density at radius 3 is 2.67 bits per heavy atom. The summed E-state index contributed by atoms with van der Waals surface area (Å²) in [5.41, 5.74) is 1.37. The van der Waals surface area contributed by atoms with Gasteiger partial charge in [-0.3, -0.25) is 19.6 Å². The molecule has 2 aromatic heterocycles. The number of hydrogen-bond donors (Lipinski definition) is 1. The predicted molar refractivity (Wildman–Crippen MR) is 97.3 cm³/mol. The molecule has 1 N–H and O–H groups in total. The van der Waals surface area contributed by atoms with Gasteiger partial charge < -0.3 is 4.57 Å². The number of benzene rings is 1. The number of hydrazone groups is 1. The van der Waals surface area contributed by atoms with E-state index in [0.29, 0.717) is 11.4 Å². The second kappa shape index (κ2) is 8.14. The highest BCUT2D eigenvalue weighted by Gasteiger charge is 2.33. The molecular weight excluding hydrogens is 407 g/mol. The number of aryl methyl sites for hydroxylation is 1. The predicted octanol–water partition coefficient (Wildman–Crippen LogP) is 2.11. The number of nitrogens with one attached hydrogen (secondary N) is 1. The van der Waals surface area contributed by atoms with Crippen LogP contribution in [0.1, 0.15) is 17.1 Å². The molecule has 10 nitrogen and oxygen atoms in total. The Labute approximate surface area is 166 Å². The van der Waals surface area contributed by atoms with Crippen molar-refractivity contribution in [3.63, 3.8) is 0 Å². The number of imidazole rings is 1. The summed E-state index contributed by atoms with van der Waals surface area (Å²) in [6.07, 6.45) is -0.502. The van der Waals surface area contributed by atoms with Crippen molar-refractivity contribution in [1.82, 2.24) is 24.8 Å². The SMILES string of the molecule is Cn1ccnc1C(=NNC(=O)Cn1ccc(C(F)(F)F)n1)c1cccc([N+](=O)[O-])c1. The van der Waals surface area contributed by atoms with Crippen LogP contribution in [-0.2, 0) is 24.6 Å². The highest BCUT2D eigenvalue weighted by Crippen LogP contribution is 2.27. The molecule has 13 heteroatoms. The Kier molecular flexibility index (Phi) is 5.62. The number of aromatic nitrogens is 4. The first-order chi connectivity index (χ1) is 14.1.